The van der Waals surface area contributed by atoms with E-state index in [0.29, 0.717) is 17.7 Å². The average molecular weight is 367 g/mol. The highest BCUT2D eigenvalue weighted by atomic mass is 16.5. The van der Waals surface area contributed by atoms with Crippen LogP contribution in [0, 0.1) is 13.8 Å². The fraction of sp³-hybridized carbons (Fsp3) is 0.250. The molecule has 2 aromatic rings. The molecule has 1 heterocycles. The third-order valence-corrected chi connectivity index (χ3v) is 4.46. The summed E-state index contributed by atoms with van der Waals surface area (Å²) in [5, 5.41) is 5.18. The molecule has 4 N–H and O–H groups in total. The van der Waals surface area contributed by atoms with Crippen LogP contribution in [0.15, 0.2) is 36.4 Å². The molecule has 0 saturated heterocycles. The summed E-state index contributed by atoms with van der Waals surface area (Å²) in [5.74, 6) is -0.620. The van der Waals surface area contributed by atoms with Gasteiger partial charge in [-0.3, -0.25) is 14.4 Å². The topological polar surface area (TPSA) is 111 Å². The maximum atomic E-state index is 12.6. The number of ether oxygens (including phenoxy) is 1. The van der Waals surface area contributed by atoms with E-state index in [2.05, 4.69) is 10.6 Å². The Hall–Kier alpha value is -3.35. The maximum absolute atomic E-state index is 12.6. The number of rotatable bonds is 5. The molecule has 1 unspecified atom stereocenters. The van der Waals surface area contributed by atoms with Gasteiger partial charge in [-0.15, -0.1) is 0 Å². The number of fused-ring (bicyclic) bond motifs is 1. The lowest BCUT2D eigenvalue weighted by molar-refractivity contribution is -0.122. The van der Waals surface area contributed by atoms with E-state index in [4.69, 9.17) is 10.5 Å². The van der Waals surface area contributed by atoms with Gasteiger partial charge in [0.05, 0.1) is 6.54 Å². The molecule has 1 aliphatic heterocycles. The second-order valence-corrected chi connectivity index (χ2v) is 6.57. The van der Waals surface area contributed by atoms with Crippen LogP contribution in [0.2, 0.25) is 0 Å². The van der Waals surface area contributed by atoms with Gasteiger partial charge in [0, 0.05) is 17.7 Å². The van der Waals surface area contributed by atoms with E-state index in [1.165, 1.54) is 6.07 Å². The zero-order valence-corrected chi connectivity index (χ0v) is 15.2. The third-order valence-electron chi connectivity index (χ3n) is 4.46. The highest BCUT2D eigenvalue weighted by Gasteiger charge is 2.29. The summed E-state index contributed by atoms with van der Waals surface area (Å²) in [5.41, 5.74) is 9.09. The van der Waals surface area contributed by atoms with Gasteiger partial charge in [-0.1, -0.05) is 12.1 Å². The predicted octanol–water partition coefficient (Wildman–Crippen LogP) is 1.46. The number of nitrogens with one attached hydrogen (secondary N) is 2. The van der Waals surface area contributed by atoms with Crippen molar-refractivity contribution in [1.29, 1.82) is 0 Å². The van der Waals surface area contributed by atoms with Crippen LogP contribution in [0.1, 0.15) is 27.0 Å². The van der Waals surface area contributed by atoms with E-state index in [0.717, 1.165) is 22.4 Å². The zero-order chi connectivity index (χ0) is 19.6. The van der Waals surface area contributed by atoms with Crippen molar-refractivity contribution in [1.82, 2.24) is 5.32 Å². The summed E-state index contributed by atoms with van der Waals surface area (Å²) in [6, 6.07) is 10.4. The van der Waals surface area contributed by atoms with Crippen molar-refractivity contribution < 1.29 is 19.1 Å². The number of hydrogen-bond donors (Lipinski definition) is 3. The van der Waals surface area contributed by atoms with Gasteiger partial charge in [0.1, 0.15) is 5.75 Å². The molecule has 1 aliphatic rings. The van der Waals surface area contributed by atoms with Crippen LogP contribution in [-0.2, 0) is 16.0 Å². The number of carbonyl (C=O) groups is 3. The Balaban J connectivity index is 1.66. The number of amides is 3. The lowest BCUT2D eigenvalue weighted by Gasteiger charge is -2.12. The second-order valence-electron chi connectivity index (χ2n) is 6.57. The van der Waals surface area contributed by atoms with Crippen LogP contribution in [0.25, 0.3) is 0 Å². The molecule has 7 nitrogen and oxygen atoms in total. The quantitative estimate of drug-likeness (QED) is 0.743. The number of benzene rings is 2. The number of nitrogens with two attached hydrogens (primary N) is 1. The lowest BCUT2D eigenvalue weighted by atomic mass is 10.0. The summed E-state index contributed by atoms with van der Waals surface area (Å²) >= 11 is 0. The normalized spacial score (nSPS) is 14.8. The van der Waals surface area contributed by atoms with Crippen molar-refractivity contribution in [3.63, 3.8) is 0 Å². The van der Waals surface area contributed by atoms with E-state index < -0.39 is 17.9 Å². The fourth-order valence-corrected chi connectivity index (χ4v) is 2.89. The second kappa shape index (κ2) is 7.49. The Morgan fingerprint density at radius 2 is 1.89 bits per heavy atom. The Morgan fingerprint density at radius 3 is 2.63 bits per heavy atom. The molecule has 140 valence electrons. The number of carbonyl (C=O) groups excluding carboxylic acids is 3. The molecule has 2 aromatic carbocycles. The van der Waals surface area contributed by atoms with E-state index in [1.54, 1.807) is 18.2 Å². The van der Waals surface area contributed by atoms with Gasteiger partial charge in [-0.2, -0.15) is 0 Å². The molecular formula is C20H21N3O4. The van der Waals surface area contributed by atoms with Crippen molar-refractivity contribution in [2.75, 3.05) is 11.9 Å². The predicted molar refractivity (Wildman–Crippen MR) is 101 cm³/mol. The molecule has 0 fully saturated rings. The maximum Gasteiger partial charge on any atom is 0.265 e. The average Bonchev–Trinajstić information content (AvgIpc) is 3.03. The van der Waals surface area contributed by atoms with Gasteiger partial charge in [0.2, 0.25) is 5.91 Å². The van der Waals surface area contributed by atoms with Crippen LogP contribution in [0.4, 0.5) is 5.69 Å². The van der Waals surface area contributed by atoms with E-state index in [1.807, 2.05) is 26.0 Å². The number of anilines is 1. The van der Waals surface area contributed by atoms with Crippen molar-refractivity contribution in [3.8, 4) is 5.75 Å². The Kier molecular flexibility index (Phi) is 5.12. The first-order valence-corrected chi connectivity index (χ1v) is 8.57. The monoisotopic (exact) mass is 367 g/mol. The first-order chi connectivity index (χ1) is 12.8. The summed E-state index contributed by atoms with van der Waals surface area (Å²) in [7, 11) is 0. The minimum absolute atomic E-state index is 0.248. The van der Waals surface area contributed by atoms with E-state index in [-0.39, 0.29) is 12.5 Å². The van der Waals surface area contributed by atoms with Crippen molar-refractivity contribution >= 4 is 23.4 Å². The van der Waals surface area contributed by atoms with Crippen molar-refractivity contribution in [3.05, 3.63) is 58.7 Å². The van der Waals surface area contributed by atoms with Gasteiger partial charge in [-0.25, -0.2) is 0 Å². The summed E-state index contributed by atoms with van der Waals surface area (Å²) in [6.45, 7) is 3.78. The molecule has 3 rings (SSSR count). The Morgan fingerprint density at radius 1 is 1.15 bits per heavy atom. The van der Waals surface area contributed by atoms with Crippen LogP contribution in [0.3, 0.4) is 0 Å². The van der Waals surface area contributed by atoms with E-state index in [9.17, 15) is 14.4 Å². The van der Waals surface area contributed by atoms with Crippen LogP contribution in [0.5, 0.6) is 5.75 Å². The summed E-state index contributed by atoms with van der Waals surface area (Å²) < 4.78 is 5.78. The molecule has 1 atom stereocenters. The van der Waals surface area contributed by atoms with Gasteiger partial charge in [0.25, 0.3) is 11.8 Å². The molecule has 0 aliphatic carbocycles. The van der Waals surface area contributed by atoms with Crippen LogP contribution in [-0.4, -0.2) is 30.4 Å². The molecule has 3 amide bonds. The Labute approximate surface area is 156 Å². The third kappa shape index (κ3) is 4.25. The number of primary amides is 1. The first-order valence-electron chi connectivity index (χ1n) is 8.57. The van der Waals surface area contributed by atoms with Crippen LogP contribution >= 0.6 is 0 Å². The standard InChI is InChI=1S/C20H21N3O4/c1-11-6-14-9-17(27-16(14)7-12(11)2)20(26)23-15-5-3-4-13(8-15)19(25)22-10-18(21)24/h3-8,17H,9-10H2,1-2H3,(H2,21,24)(H,22,25)(H,23,26). The highest BCUT2D eigenvalue weighted by Crippen LogP contribution is 2.31. The lowest BCUT2D eigenvalue weighted by Crippen LogP contribution is -2.33. The van der Waals surface area contributed by atoms with E-state index >= 15 is 0 Å². The first kappa shape index (κ1) is 18.4. The molecule has 7 heteroatoms. The largest absolute Gasteiger partial charge is 0.480 e. The highest BCUT2D eigenvalue weighted by molar-refractivity contribution is 5.99. The number of aryl methyl sites for hydroxylation is 2. The molecule has 27 heavy (non-hydrogen) atoms. The molecular weight excluding hydrogens is 346 g/mol. The minimum Gasteiger partial charge on any atom is -0.480 e. The van der Waals surface area contributed by atoms with Crippen molar-refractivity contribution in [2.45, 2.75) is 26.4 Å². The van der Waals surface area contributed by atoms with Crippen molar-refractivity contribution in [2.24, 2.45) is 5.73 Å². The summed E-state index contributed by atoms with van der Waals surface area (Å²) in [4.78, 5) is 35.3. The molecule has 0 saturated carbocycles. The van der Waals surface area contributed by atoms with Gasteiger partial charge in [0.15, 0.2) is 6.10 Å². The molecule has 0 aromatic heterocycles. The van der Waals surface area contributed by atoms with Gasteiger partial charge < -0.3 is 21.1 Å². The minimum atomic E-state index is -0.628. The number of hydrogen-bond acceptors (Lipinski definition) is 4. The van der Waals surface area contributed by atoms with Gasteiger partial charge in [-0.05, 0) is 54.8 Å². The molecule has 0 bridgehead atoms. The fourth-order valence-electron chi connectivity index (χ4n) is 2.89. The van der Waals surface area contributed by atoms with Crippen LogP contribution < -0.4 is 21.1 Å². The summed E-state index contributed by atoms with van der Waals surface area (Å²) in [6.07, 6.45) is -0.116. The Bertz CT molecular complexity index is 892. The SMILES string of the molecule is Cc1cc2c(cc1C)OC(C(=O)Nc1cccc(C(=O)NCC(N)=O)c1)C2. The molecule has 0 spiro atoms. The zero-order valence-electron chi connectivity index (χ0n) is 15.2. The molecule has 0 radical (unpaired) electrons. The smallest absolute Gasteiger partial charge is 0.265 e. The van der Waals surface area contributed by atoms with Gasteiger partial charge >= 0.3 is 0 Å².